The van der Waals surface area contributed by atoms with Crippen LogP contribution in [0.3, 0.4) is 0 Å². The zero-order chi connectivity index (χ0) is 24.5. The monoisotopic (exact) mass is 499 g/mol. The van der Waals surface area contributed by atoms with Crippen molar-refractivity contribution in [3.63, 3.8) is 0 Å². The van der Waals surface area contributed by atoms with Crippen LogP contribution in [0.5, 0.6) is 0 Å². The van der Waals surface area contributed by atoms with Gasteiger partial charge in [-0.15, -0.1) is 0 Å². The van der Waals surface area contributed by atoms with Crippen LogP contribution in [0.2, 0.25) is 5.02 Å². The van der Waals surface area contributed by atoms with Gasteiger partial charge in [0.25, 0.3) is 5.91 Å². The summed E-state index contributed by atoms with van der Waals surface area (Å²) in [6.45, 7) is 2.61. The van der Waals surface area contributed by atoms with Crippen molar-refractivity contribution >= 4 is 52.0 Å². The van der Waals surface area contributed by atoms with Crippen molar-refractivity contribution in [1.29, 1.82) is 0 Å². The fourth-order valence-electron chi connectivity index (χ4n) is 4.71. The first kappa shape index (κ1) is 23.5. The molecule has 0 spiro atoms. The number of nitrogens with zero attached hydrogens (tertiary/aromatic N) is 4. The average molecular weight is 500 g/mol. The molecule has 4 N–H and O–H groups in total. The van der Waals surface area contributed by atoms with Crippen LogP contribution >= 0.6 is 11.6 Å². The van der Waals surface area contributed by atoms with Crippen LogP contribution in [0.25, 0.3) is 10.9 Å². The molecule has 0 unspecified atom stereocenters. The lowest BCUT2D eigenvalue weighted by Crippen LogP contribution is -2.57. The number of carbonyl (C=O) groups excluding carboxylic acids is 3. The van der Waals surface area contributed by atoms with Crippen LogP contribution in [-0.4, -0.2) is 77.6 Å². The molecular weight excluding hydrogens is 470 g/mol. The molecule has 1 aromatic carbocycles. The maximum atomic E-state index is 13.0. The second-order valence-corrected chi connectivity index (χ2v) is 9.85. The Bertz CT molecular complexity index is 1140. The van der Waals surface area contributed by atoms with Crippen molar-refractivity contribution in [2.24, 2.45) is 0 Å². The summed E-state index contributed by atoms with van der Waals surface area (Å²) < 4.78 is 0. The maximum absolute atomic E-state index is 13.0. The van der Waals surface area contributed by atoms with Crippen LogP contribution in [-0.2, 0) is 4.79 Å². The highest BCUT2D eigenvalue weighted by Gasteiger charge is 2.35. The third kappa shape index (κ3) is 5.22. The van der Waals surface area contributed by atoms with Gasteiger partial charge in [-0.05, 0) is 50.3 Å². The Hall–Kier alpha value is -3.27. The van der Waals surface area contributed by atoms with Crippen LogP contribution < -0.4 is 21.3 Å². The van der Waals surface area contributed by atoms with Gasteiger partial charge in [-0.2, -0.15) is 0 Å². The molecule has 3 heterocycles. The Morgan fingerprint density at radius 1 is 0.971 bits per heavy atom. The number of urea groups is 2. The minimum absolute atomic E-state index is 0.174. The molecule has 5 amide bonds. The maximum Gasteiger partial charge on any atom is 0.324 e. The molecule has 2 saturated heterocycles. The van der Waals surface area contributed by atoms with Crippen LogP contribution in [0.4, 0.5) is 21.1 Å². The van der Waals surface area contributed by atoms with E-state index >= 15 is 0 Å². The molecule has 35 heavy (non-hydrogen) atoms. The molecule has 1 aliphatic carbocycles. The van der Waals surface area contributed by atoms with Crippen molar-refractivity contribution in [3.05, 3.63) is 29.3 Å². The van der Waals surface area contributed by atoms with Crippen LogP contribution in [0, 0.1) is 0 Å². The molecule has 2 aromatic rings. The standard InChI is InChI=1S/C24H30ClN7O3/c25-15-4-7-17-19(13-15)28-21(26)14-20(17)30-9-11-31(12-10-30)23(34)29-18-3-1-2-8-32(22(18)33)24(35)27-16-5-6-16/h4,7,13-14,16,18H,1-3,5-6,8-12H2,(H2,26,28)(H,27,35)(H,29,34)/t18-/m0/s1. The number of anilines is 2. The Morgan fingerprint density at radius 3 is 2.49 bits per heavy atom. The molecule has 1 aromatic heterocycles. The summed E-state index contributed by atoms with van der Waals surface area (Å²) in [5.41, 5.74) is 7.72. The number of fused-ring (bicyclic) bond motifs is 1. The highest BCUT2D eigenvalue weighted by molar-refractivity contribution is 6.31. The van der Waals surface area contributed by atoms with Crippen molar-refractivity contribution in [2.75, 3.05) is 43.4 Å². The smallest absolute Gasteiger partial charge is 0.324 e. The molecular formula is C24H30ClN7O3. The van der Waals surface area contributed by atoms with E-state index in [0.29, 0.717) is 50.0 Å². The first-order chi connectivity index (χ1) is 16.9. The molecule has 0 radical (unpaired) electrons. The molecule has 186 valence electrons. The van der Waals surface area contributed by atoms with E-state index in [2.05, 4.69) is 20.5 Å². The highest BCUT2D eigenvalue weighted by Crippen LogP contribution is 2.30. The predicted octanol–water partition coefficient (Wildman–Crippen LogP) is 2.56. The van der Waals surface area contributed by atoms with Crippen LogP contribution in [0.15, 0.2) is 24.3 Å². The third-order valence-electron chi connectivity index (χ3n) is 6.81. The molecule has 1 atom stereocenters. The van der Waals surface area contributed by atoms with Gasteiger partial charge in [0, 0.05) is 60.9 Å². The van der Waals surface area contributed by atoms with E-state index in [9.17, 15) is 14.4 Å². The van der Waals surface area contributed by atoms with E-state index in [1.54, 1.807) is 11.0 Å². The number of amides is 5. The minimum Gasteiger partial charge on any atom is -0.384 e. The predicted molar refractivity (Wildman–Crippen MR) is 134 cm³/mol. The number of carbonyl (C=O) groups is 3. The largest absolute Gasteiger partial charge is 0.384 e. The summed E-state index contributed by atoms with van der Waals surface area (Å²) in [5.74, 6) is 0.0853. The number of pyridine rings is 1. The van der Waals surface area contributed by atoms with Crippen molar-refractivity contribution in [3.8, 4) is 0 Å². The number of benzene rings is 1. The fourth-order valence-corrected chi connectivity index (χ4v) is 4.88. The lowest BCUT2D eigenvalue weighted by molar-refractivity contribution is -0.129. The number of nitrogen functional groups attached to an aromatic ring is 1. The number of rotatable bonds is 3. The number of nitrogens with two attached hydrogens (primary N) is 1. The molecule has 0 bridgehead atoms. The van der Waals surface area contributed by atoms with Crippen LogP contribution in [0.1, 0.15) is 32.1 Å². The number of nitrogens with one attached hydrogen (secondary N) is 2. The fraction of sp³-hybridized carbons (Fsp3) is 0.500. The number of likely N-dealkylation sites (tertiary alicyclic amines) is 1. The molecule has 10 nitrogen and oxygen atoms in total. The van der Waals surface area contributed by atoms with Gasteiger partial charge in [-0.1, -0.05) is 11.6 Å². The van der Waals surface area contributed by atoms with E-state index in [4.69, 9.17) is 17.3 Å². The Morgan fingerprint density at radius 2 is 1.74 bits per heavy atom. The zero-order valence-corrected chi connectivity index (χ0v) is 20.3. The topological polar surface area (TPSA) is 124 Å². The highest BCUT2D eigenvalue weighted by atomic mass is 35.5. The molecule has 3 fully saturated rings. The van der Waals surface area contributed by atoms with Gasteiger partial charge in [0.1, 0.15) is 11.9 Å². The van der Waals surface area contributed by atoms with Gasteiger partial charge in [0.2, 0.25) is 0 Å². The number of imide groups is 1. The Balaban J connectivity index is 1.21. The number of hydrogen-bond acceptors (Lipinski definition) is 6. The van der Waals surface area contributed by atoms with Crippen molar-refractivity contribution in [2.45, 2.75) is 44.2 Å². The van der Waals surface area contributed by atoms with Gasteiger partial charge >= 0.3 is 12.1 Å². The van der Waals surface area contributed by atoms with Gasteiger partial charge in [-0.25, -0.2) is 14.6 Å². The third-order valence-corrected chi connectivity index (χ3v) is 7.05. The quantitative estimate of drug-likeness (QED) is 0.596. The summed E-state index contributed by atoms with van der Waals surface area (Å²) in [7, 11) is 0. The molecule has 2 aliphatic heterocycles. The lowest BCUT2D eigenvalue weighted by Gasteiger charge is -2.37. The Kier molecular flexibility index (Phi) is 6.55. The van der Waals surface area contributed by atoms with Gasteiger partial charge in [-0.3, -0.25) is 9.69 Å². The molecule has 11 heteroatoms. The van der Waals surface area contributed by atoms with E-state index in [0.717, 1.165) is 42.3 Å². The van der Waals surface area contributed by atoms with E-state index in [-0.39, 0.29) is 24.0 Å². The number of aromatic nitrogens is 1. The SMILES string of the molecule is Nc1cc(N2CCN(C(=O)N[C@H]3CCCCN(C(=O)NC4CC4)C3=O)CC2)c2ccc(Cl)cc2n1. The second kappa shape index (κ2) is 9.77. The lowest BCUT2D eigenvalue weighted by atomic mass is 10.1. The average Bonchev–Trinajstić information content (AvgIpc) is 3.67. The first-order valence-corrected chi connectivity index (χ1v) is 12.5. The number of halogens is 1. The summed E-state index contributed by atoms with van der Waals surface area (Å²) in [4.78, 5) is 48.1. The van der Waals surface area contributed by atoms with Crippen molar-refractivity contribution in [1.82, 2.24) is 25.4 Å². The van der Waals surface area contributed by atoms with Gasteiger partial charge < -0.3 is 26.2 Å². The minimum atomic E-state index is -0.693. The first-order valence-electron chi connectivity index (χ1n) is 12.2. The van der Waals surface area contributed by atoms with E-state index < -0.39 is 6.04 Å². The van der Waals surface area contributed by atoms with Gasteiger partial charge in [0.15, 0.2) is 0 Å². The summed E-state index contributed by atoms with van der Waals surface area (Å²) in [5, 5.41) is 7.31. The summed E-state index contributed by atoms with van der Waals surface area (Å²) >= 11 is 6.12. The molecule has 1 saturated carbocycles. The summed E-state index contributed by atoms with van der Waals surface area (Å²) in [6, 6.07) is 6.24. The normalized spacial score (nSPS) is 21.1. The second-order valence-electron chi connectivity index (χ2n) is 9.41. The molecule has 3 aliphatic rings. The Labute approximate surface area is 208 Å². The summed E-state index contributed by atoms with van der Waals surface area (Å²) in [6.07, 6.45) is 3.95. The van der Waals surface area contributed by atoms with Gasteiger partial charge in [0.05, 0.1) is 5.52 Å². The number of piperazine rings is 1. The van der Waals surface area contributed by atoms with Crippen molar-refractivity contribution < 1.29 is 14.4 Å². The molecule has 5 rings (SSSR count). The van der Waals surface area contributed by atoms with E-state index in [1.165, 1.54) is 4.90 Å². The van der Waals surface area contributed by atoms with E-state index in [1.807, 2.05) is 18.2 Å². The zero-order valence-electron chi connectivity index (χ0n) is 19.5. The number of hydrogen-bond donors (Lipinski definition) is 3.